The molecule has 0 saturated heterocycles. The molecule has 0 aliphatic rings. The van der Waals surface area contributed by atoms with Crippen LogP contribution >= 0.6 is 11.3 Å². The molecular formula is C19H25N2O2SYb-. The maximum atomic E-state index is 11.7. The fourth-order valence-electron chi connectivity index (χ4n) is 1.70. The molecule has 0 saturated carbocycles. The van der Waals surface area contributed by atoms with E-state index in [2.05, 4.69) is 16.3 Å². The SMILES string of the molecule is C.C#CCOC(=O)Cc1ccccc1N=c1s[c-]c(C)n1C.CC.[Yb]. The Bertz CT molecular complexity index is 757. The van der Waals surface area contributed by atoms with Gasteiger partial charge in [-0.1, -0.05) is 51.1 Å². The topological polar surface area (TPSA) is 43.6 Å². The van der Waals surface area contributed by atoms with Crippen LogP contribution in [0.25, 0.3) is 0 Å². The van der Waals surface area contributed by atoms with Crippen molar-refractivity contribution in [3.05, 3.63) is 45.7 Å². The number of hydrogen-bond acceptors (Lipinski definition) is 4. The van der Waals surface area contributed by atoms with Crippen LogP contribution in [0, 0.1) is 71.6 Å². The van der Waals surface area contributed by atoms with Crippen LogP contribution in [0.5, 0.6) is 0 Å². The third-order valence-corrected chi connectivity index (χ3v) is 3.88. The molecule has 0 spiro atoms. The molecule has 0 radical (unpaired) electrons. The third-order valence-electron chi connectivity index (χ3n) is 2.94. The molecule has 25 heavy (non-hydrogen) atoms. The summed E-state index contributed by atoms with van der Waals surface area (Å²) in [7, 11) is 1.94. The standard InChI is InChI=1S/C16H15N2O2S.C2H6.CH4.Yb/c1-4-9-20-15(19)10-13-7-5-6-8-14(13)17-16-18(3)12(2)11-21-16;1-2;;/h1,5-8H,9-10H2,2-3H3;1-2H3;1H4;/q-1;;;. The van der Waals surface area contributed by atoms with E-state index in [-0.39, 0.29) is 73.3 Å². The van der Waals surface area contributed by atoms with E-state index in [4.69, 9.17) is 11.2 Å². The van der Waals surface area contributed by atoms with Crippen molar-refractivity contribution >= 4 is 23.0 Å². The van der Waals surface area contributed by atoms with Gasteiger partial charge in [0.15, 0.2) is 6.61 Å². The van der Waals surface area contributed by atoms with Crippen molar-refractivity contribution in [2.45, 2.75) is 34.6 Å². The molecule has 1 heterocycles. The maximum Gasteiger partial charge on any atom is 0.311 e. The summed E-state index contributed by atoms with van der Waals surface area (Å²) in [4.78, 5) is 17.1. The van der Waals surface area contributed by atoms with Gasteiger partial charge in [0, 0.05) is 57.4 Å². The number of terminal acetylenes is 1. The van der Waals surface area contributed by atoms with E-state index in [1.165, 1.54) is 11.3 Å². The fourth-order valence-corrected chi connectivity index (χ4v) is 2.49. The van der Waals surface area contributed by atoms with Gasteiger partial charge in [-0.3, -0.25) is 4.79 Å². The first-order valence-corrected chi connectivity index (χ1v) is 8.19. The Kier molecular flexibility index (Phi) is 15.2. The zero-order valence-electron chi connectivity index (χ0n) is 14.2. The second-order valence-electron chi connectivity index (χ2n) is 4.41. The molecule has 2 aromatic rings. The molecule has 4 nitrogen and oxygen atoms in total. The van der Waals surface area contributed by atoms with Crippen molar-refractivity contribution in [2.24, 2.45) is 12.0 Å². The van der Waals surface area contributed by atoms with Crippen molar-refractivity contribution in [3.8, 4) is 12.3 Å². The molecule has 144 valence electrons. The number of hydrogen-bond donors (Lipinski definition) is 0. The minimum Gasteiger partial charge on any atom is -0.452 e. The number of rotatable bonds is 4. The number of carbonyl (C=O) groups excluding carboxylic acids is 1. The van der Waals surface area contributed by atoms with Gasteiger partial charge in [0.2, 0.25) is 0 Å². The molecule has 0 fully saturated rings. The molecule has 1 aromatic heterocycles. The number of carbonyl (C=O) groups is 1. The zero-order chi connectivity index (χ0) is 17.2. The van der Waals surface area contributed by atoms with Gasteiger partial charge < -0.3 is 25.6 Å². The summed E-state index contributed by atoms with van der Waals surface area (Å²) in [6.45, 7) is 5.96. The van der Waals surface area contributed by atoms with Crippen LogP contribution < -0.4 is 4.80 Å². The predicted octanol–water partition coefficient (Wildman–Crippen LogP) is 3.81. The Morgan fingerprint density at radius 2 is 2.04 bits per heavy atom. The minimum absolute atomic E-state index is 0. The van der Waals surface area contributed by atoms with E-state index in [0.717, 1.165) is 21.7 Å². The Morgan fingerprint density at radius 1 is 1.40 bits per heavy atom. The molecule has 0 aliphatic carbocycles. The Balaban J connectivity index is 0. The summed E-state index contributed by atoms with van der Waals surface area (Å²) in [6.07, 6.45) is 5.22. The van der Waals surface area contributed by atoms with Gasteiger partial charge in [0.05, 0.1) is 6.42 Å². The van der Waals surface area contributed by atoms with Gasteiger partial charge in [0.1, 0.15) is 0 Å². The molecule has 2 rings (SSSR count). The smallest absolute Gasteiger partial charge is 0.311 e. The number of aromatic nitrogens is 1. The first-order chi connectivity index (χ1) is 11.1. The summed E-state index contributed by atoms with van der Waals surface area (Å²) in [5, 5.41) is 3.14. The summed E-state index contributed by atoms with van der Waals surface area (Å²) >= 11 is 1.44. The van der Waals surface area contributed by atoms with Crippen molar-refractivity contribution < 1.29 is 56.5 Å². The molecule has 0 amide bonds. The zero-order valence-corrected chi connectivity index (χ0v) is 16.7. The van der Waals surface area contributed by atoms with Crippen LogP contribution in [0.1, 0.15) is 32.5 Å². The molecule has 0 atom stereocenters. The van der Waals surface area contributed by atoms with Crippen LogP contribution in [-0.4, -0.2) is 17.1 Å². The average molecular weight is 519 g/mol. The number of thiazole rings is 1. The number of ether oxygens (including phenoxy) is 1. The summed E-state index contributed by atoms with van der Waals surface area (Å²) in [5.41, 5.74) is 2.58. The van der Waals surface area contributed by atoms with E-state index in [1.54, 1.807) is 0 Å². The molecule has 0 aliphatic heterocycles. The van der Waals surface area contributed by atoms with E-state index in [1.807, 2.05) is 56.7 Å². The largest absolute Gasteiger partial charge is 0.452 e. The van der Waals surface area contributed by atoms with Crippen molar-refractivity contribution in [3.63, 3.8) is 0 Å². The quantitative estimate of drug-likeness (QED) is 0.351. The third kappa shape index (κ3) is 8.42. The molecule has 6 heteroatoms. The van der Waals surface area contributed by atoms with Gasteiger partial charge in [-0.15, -0.1) is 6.42 Å². The molecule has 1 aromatic carbocycles. The second kappa shape index (κ2) is 14.4. The number of esters is 1. The number of para-hydroxylation sites is 1. The number of benzene rings is 1. The van der Waals surface area contributed by atoms with Gasteiger partial charge in [-0.05, 0) is 25.6 Å². The number of aryl methyl sites for hydroxylation is 1. The summed E-state index contributed by atoms with van der Waals surface area (Å²) in [6, 6.07) is 7.49. The van der Waals surface area contributed by atoms with Crippen LogP contribution in [-0.2, 0) is 23.0 Å². The first-order valence-electron chi connectivity index (χ1n) is 7.37. The van der Waals surface area contributed by atoms with Crippen LogP contribution in [0.3, 0.4) is 0 Å². The molecule has 0 unspecified atom stereocenters. The van der Waals surface area contributed by atoms with Gasteiger partial charge in [0.25, 0.3) is 0 Å². The summed E-state index contributed by atoms with van der Waals surface area (Å²) < 4.78 is 6.86. The van der Waals surface area contributed by atoms with E-state index >= 15 is 0 Å². The molecule has 0 N–H and O–H groups in total. The normalized spacial score (nSPS) is 9.64. The number of nitrogens with zero attached hydrogens (tertiary/aromatic N) is 2. The Morgan fingerprint density at radius 3 is 2.60 bits per heavy atom. The predicted molar refractivity (Wildman–Crippen MR) is 100 cm³/mol. The van der Waals surface area contributed by atoms with E-state index in [9.17, 15) is 4.79 Å². The van der Waals surface area contributed by atoms with Crippen LogP contribution in [0.4, 0.5) is 5.69 Å². The van der Waals surface area contributed by atoms with Gasteiger partial charge >= 0.3 is 5.97 Å². The van der Waals surface area contributed by atoms with Gasteiger partial charge in [-0.2, -0.15) is 5.38 Å². The molecule has 0 bridgehead atoms. The fraction of sp³-hybridized carbons (Fsp3) is 0.368. The van der Waals surface area contributed by atoms with E-state index in [0.29, 0.717) is 0 Å². The Hall–Kier alpha value is -0.801. The summed E-state index contributed by atoms with van der Waals surface area (Å²) in [5.74, 6) is 1.92. The van der Waals surface area contributed by atoms with Crippen LogP contribution in [0.15, 0.2) is 29.3 Å². The van der Waals surface area contributed by atoms with E-state index < -0.39 is 0 Å². The van der Waals surface area contributed by atoms with Crippen molar-refractivity contribution in [1.82, 2.24) is 4.57 Å². The van der Waals surface area contributed by atoms with Gasteiger partial charge in [-0.25, -0.2) is 0 Å². The van der Waals surface area contributed by atoms with Crippen molar-refractivity contribution in [1.29, 1.82) is 0 Å². The van der Waals surface area contributed by atoms with Crippen molar-refractivity contribution in [2.75, 3.05) is 6.61 Å². The molecular weight excluding hydrogens is 493 g/mol. The minimum atomic E-state index is -0.353. The maximum absolute atomic E-state index is 11.7. The monoisotopic (exact) mass is 519 g/mol. The first kappa shape index (κ1) is 26.4. The second-order valence-corrected chi connectivity index (χ2v) is 5.19. The average Bonchev–Trinajstić information content (AvgIpc) is 2.88. The van der Waals surface area contributed by atoms with Crippen LogP contribution in [0.2, 0.25) is 0 Å². The Labute approximate surface area is 193 Å².